The number of carbonyl (C=O) groups is 3. The van der Waals surface area contributed by atoms with Crippen molar-refractivity contribution < 1.29 is 14.4 Å². The van der Waals surface area contributed by atoms with Gasteiger partial charge in [0.1, 0.15) is 11.9 Å². The molecule has 3 amide bonds. The molecule has 3 aromatic rings. The molecule has 2 aliphatic heterocycles. The highest BCUT2D eigenvalue weighted by Crippen LogP contribution is 2.27. The molecule has 158 valence electrons. The fourth-order valence-electron chi connectivity index (χ4n) is 4.31. The predicted octanol–water partition coefficient (Wildman–Crippen LogP) is 1.58. The van der Waals surface area contributed by atoms with Crippen LogP contribution in [0.2, 0.25) is 0 Å². The summed E-state index contributed by atoms with van der Waals surface area (Å²) in [6, 6.07) is 11.6. The van der Waals surface area contributed by atoms with Crippen LogP contribution in [0.15, 0.2) is 48.7 Å². The number of amides is 3. The number of hydrogen-bond acceptors (Lipinski definition) is 5. The van der Waals surface area contributed by atoms with Crippen LogP contribution in [-0.2, 0) is 9.59 Å². The van der Waals surface area contributed by atoms with Gasteiger partial charge in [0.25, 0.3) is 5.91 Å². The molecular formula is C22H22N6O3. The first-order valence-corrected chi connectivity index (χ1v) is 10.4. The lowest BCUT2D eigenvalue weighted by atomic mass is 9.96. The van der Waals surface area contributed by atoms with E-state index in [-0.39, 0.29) is 30.1 Å². The van der Waals surface area contributed by atoms with Crippen LogP contribution < -0.4 is 10.6 Å². The average molecular weight is 418 g/mol. The van der Waals surface area contributed by atoms with E-state index < -0.39 is 6.04 Å². The summed E-state index contributed by atoms with van der Waals surface area (Å²) in [5.41, 5.74) is 1.62. The number of fused-ring (bicyclic) bond motifs is 2. The quantitative estimate of drug-likeness (QED) is 0.671. The summed E-state index contributed by atoms with van der Waals surface area (Å²) in [5.74, 6) is -0.00671. The standard InChI is InChI=1S/C22H22N6O3/c29-19(12-17-22(31)23-16-8-2-1-7-15(16)21(30)24-17)27-10-5-6-14(13-27)20-26-25-18-9-3-4-11-28(18)20/h1-4,7-9,11,14,17H,5-6,10,12-13H2,(H,23,31)(H,24,30). The third kappa shape index (κ3) is 3.63. The van der Waals surface area contributed by atoms with E-state index >= 15 is 0 Å². The molecule has 1 aromatic carbocycles. The Labute approximate surface area is 178 Å². The van der Waals surface area contributed by atoms with Crippen molar-refractivity contribution in [1.29, 1.82) is 0 Å². The van der Waals surface area contributed by atoms with E-state index in [1.165, 1.54) is 0 Å². The van der Waals surface area contributed by atoms with E-state index in [0.717, 1.165) is 24.3 Å². The van der Waals surface area contributed by atoms with Crippen LogP contribution in [0.25, 0.3) is 5.65 Å². The van der Waals surface area contributed by atoms with Gasteiger partial charge in [0.2, 0.25) is 11.8 Å². The maximum absolute atomic E-state index is 13.0. The van der Waals surface area contributed by atoms with Gasteiger partial charge in [-0.15, -0.1) is 10.2 Å². The van der Waals surface area contributed by atoms with Crippen molar-refractivity contribution in [3.63, 3.8) is 0 Å². The molecule has 0 spiro atoms. The van der Waals surface area contributed by atoms with E-state index in [4.69, 9.17) is 0 Å². The number of para-hydroxylation sites is 1. The maximum atomic E-state index is 13.0. The molecule has 1 fully saturated rings. The van der Waals surface area contributed by atoms with E-state index in [1.54, 1.807) is 29.2 Å². The van der Waals surface area contributed by atoms with Crippen LogP contribution in [0.3, 0.4) is 0 Å². The van der Waals surface area contributed by atoms with E-state index in [9.17, 15) is 14.4 Å². The predicted molar refractivity (Wildman–Crippen MR) is 112 cm³/mol. The van der Waals surface area contributed by atoms with Gasteiger partial charge in [-0.3, -0.25) is 18.8 Å². The van der Waals surface area contributed by atoms with Crippen LogP contribution in [0.5, 0.6) is 0 Å². The van der Waals surface area contributed by atoms with Crippen molar-refractivity contribution in [2.75, 3.05) is 18.4 Å². The van der Waals surface area contributed by atoms with E-state index in [1.807, 2.05) is 28.8 Å². The lowest BCUT2D eigenvalue weighted by Crippen LogP contribution is -2.47. The largest absolute Gasteiger partial charge is 0.342 e. The molecule has 31 heavy (non-hydrogen) atoms. The molecule has 2 aromatic heterocycles. The molecule has 0 aliphatic carbocycles. The fourth-order valence-corrected chi connectivity index (χ4v) is 4.31. The zero-order valence-corrected chi connectivity index (χ0v) is 16.8. The van der Waals surface area contributed by atoms with Gasteiger partial charge in [-0.1, -0.05) is 18.2 Å². The third-order valence-electron chi connectivity index (χ3n) is 5.91. The van der Waals surface area contributed by atoms with Crippen LogP contribution in [0, 0.1) is 0 Å². The molecule has 0 radical (unpaired) electrons. The fraction of sp³-hybridized carbons (Fsp3) is 0.318. The summed E-state index contributed by atoms with van der Waals surface area (Å²) in [4.78, 5) is 39.9. The van der Waals surface area contributed by atoms with Crippen LogP contribution in [0.4, 0.5) is 5.69 Å². The number of piperidine rings is 1. The van der Waals surface area contributed by atoms with Gasteiger partial charge in [-0.2, -0.15) is 0 Å². The highest BCUT2D eigenvalue weighted by Gasteiger charge is 2.33. The number of likely N-dealkylation sites (tertiary alicyclic amines) is 1. The van der Waals surface area contributed by atoms with Crippen molar-refractivity contribution in [2.45, 2.75) is 31.2 Å². The summed E-state index contributed by atoms with van der Waals surface area (Å²) in [6.07, 6.45) is 3.59. The van der Waals surface area contributed by atoms with Gasteiger partial charge in [0.15, 0.2) is 5.65 Å². The molecule has 2 N–H and O–H groups in total. The second-order valence-electron chi connectivity index (χ2n) is 7.93. The molecule has 9 nitrogen and oxygen atoms in total. The SMILES string of the molecule is O=C1NC(CC(=O)N2CCCC(c3nnc4ccccn34)C2)C(=O)Nc2ccccc21. The zero-order chi connectivity index (χ0) is 21.4. The summed E-state index contributed by atoms with van der Waals surface area (Å²) in [5, 5.41) is 14.0. The van der Waals surface area contributed by atoms with Crippen molar-refractivity contribution >= 4 is 29.1 Å². The van der Waals surface area contributed by atoms with E-state index in [0.29, 0.717) is 24.3 Å². The first kappa shape index (κ1) is 19.2. The highest BCUT2D eigenvalue weighted by atomic mass is 16.2. The average Bonchev–Trinajstić information content (AvgIpc) is 3.18. The number of rotatable bonds is 3. The van der Waals surface area contributed by atoms with Crippen molar-refractivity contribution in [3.8, 4) is 0 Å². The molecule has 4 heterocycles. The number of carbonyl (C=O) groups excluding carboxylic acids is 3. The van der Waals surface area contributed by atoms with Gasteiger partial charge in [-0.05, 0) is 37.1 Å². The van der Waals surface area contributed by atoms with Crippen LogP contribution in [-0.4, -0.2) is 56.4 Å². The molecule has 1 saturated heterocycles. The molecule has 0 bridgehead atoms. The Kier molecular flexibility index (Phi) is 4.85. The van der Waals surface area contributed by atoms with Crippen molar-refractivity contribution in [1.82, 2.24) is 24.8 Å². The van der Waals surface area contributed by atoms with E-state index in [2.05, 4.69) is 20.8 Å². The van der Waals surface area contributed by atoms with Gasteiger partial charge in [-0.25, -0.2) is 0 Å². The van der Waals surface area contributed by atoms with Crippen molar-refractivity contribution in [2.24, 2.45) is 0 Å². The Hall–Kier alpha value is -3.75. The molecule has 2 aliphatic rings. The normalized spacial score (nSPS) is 21.2. The monoisotopic (exact) mass is 418 g/mol. The highest BCUT2D eigenvalue weighted by molar-refractivity contribution is 6.10. The molecule has 9 heteroatoms. The zero-order valence-electron chi connectivity index (χ0n) is 16.8. The number of hydrogen-bond donors (Lipinski definition) is 2. The van der Waals surface area contributed by atoms with Gasteiger partial charge in [0, 0.05) is 25.2 Å². The third-order valence-corrected chi connectivity index (χ3v) is 5.91. The second-order valence-corrected chi connectivity index (χ2v) is 7.93. The smallest absolute Gasteiger partial charge is 0.254 e. The Morgan fingerprint density at radius 2 is 1.94 bits per heavy atom. The Morgan fingerprint density at radius 3 is 2.84 bits per heavy atom. The Balaban J connectivity index is 1.29. The lowest BCUT2D eigenvalue weighted by Gasteiger charge is -2.32. The topological polar surface area (TPSA) is 109 Å². The van der Waals surface area contributed by atoms with Crippen LogP contribution >= 0.6 is 0 Å². The summed E-state index contributed by atoms with van der Waals surface area (Å²) in [6.45, 7) is 1.13. The maximum Gasteiger partial charge on any atom is 0.254 e. The number of pyridine rings is 1. The number of nitrogens with one attached hydrogen (secondary N) is 2. The molecule has 2 unspecified atom stereocenters. The first-order chi connectivity index (χ1) is 15.1. The summed E-state index contributed by atoms with van der Waals surface area (Å²) >= 11 is 0. The van der Waals surface area contributed by atoms with Gasteiger partial charge in [0.05, 0.1) is 17.7 Å². The molecule has 0 saturated carbocycles. The number of benzene rings is 1. The number of nitrogens with zero attached hydrogens (tertiary/aromatic N) is 4. The second kappa shape index (κ2) is 7.82. The molecular weight excluding hydrogens is 396 g/mol. The van der Waals surface area contributed by atoms with Gasteiger partial charge < -0.3 is 15.5 Å². The Bertz CT molecular complexity index is 1170. The minimum Gasteiger partial charge on any atom is -0.342 e. The summed E-state index contributed by atoms with van der Waals surface area (Å²) in [7, 11) is 0. The van der Waals surface area contributed by atoms with Crippen LogP contribution in [0.1, 0.15) is 41.4 Å². The minimum absolute atomic E-state index is 0.0666. The van der Waals surface area contributed by atoms with Gasteiger partial charge >= 0.3 is 0 Å². The summed E-state index contributed by atoms with van der Waals surface area (Å²) < 4.78 is 1.95. The molecule has 5 rings (SSSR count). The van der Waals surface area contributed by atoms with Crippen molar-refractivity contribution in [3.05, 3.63) is 60.0 Å². The lowest BCUT2D eigenvalue weighted by molar-refractivity contribution is -0.134. The molecule has 2 atom stereocenters. The number of aromatic nitrogens is 3. The number of anilines is 1. The first-order valence-electron chi connectivity index (χ1n) is 10.4. The minimum atomic E-state index is -0.915. The Morgan fingerprint density at radius 1 is 1.10 bits per heavy atom.